The SMILES string of the molecule is COc1ccccc1C(=O)NCc1ccc(-c2nn(C3COC(F)(F)C3)c(N)c2C(N)=O)cc1. The van der Waals surface area contributed by atoms with Crippen LogP contribution >= 0.6 is 0 Å². The summed E-state index contributed by atoms with van der Waals surface area (Å²) in [6, 6.07) is 12.9. The Morgan fingerprint density at radius 2 is 1.94 bits per heavy atom. The van der Waals surface area contributed by atoms with Gasteiger partial charge >= 0.3 is 6.11 Å². The minimum absolute atomic E-state index is 0.0487. The smallest absolute Gasteiger partial charge is 0.357 e. The van der Waals surface area contributed by atoms with E-state index in [4.69, 9.17) is 16.2 Å². The molecule has 1 aliphatic rings. The highest BCUT2D eigenvalue weighted by atomic mass is 19.3. The monoisotopic (exact) mass is 471 g/mol. The fourth-order valence-electron chi connectivity index (χ4n) is 3.83. The Bertz CT molecular complexity index is 1230. The van der Waals surface area contributed by atoms with Crippen molar-refractivity contribution in [2.24, 2.45) is 5.73 Å². The van der Waals surface area contributed by atoms with Crippen LogP contribution in [-0.2, 0) is 11.3 Å². The molecular formula is C23H23F2N5O4. The highest BCUT2D eigenvalue weighted by molar-refractivity contribution is 6.03. The zero-order valence-corrected chi connectivity index (χ0v) is 18.3. The number of carbonyl (C=O) groups is 2. The van der Waals surface area contributed by atoms with E-state index in [1.165, 1.54) is 7.11 Å². The normalized spacial score (nSPS) is 16.9. The summed E-state index contributed by atoms with van der Waals surface area (Å²) in [6.07, 6.45) is -3.90. The maximum atomic E-state index is 13.5. The predicted molar refractivity (Wildman–Crippen MR) is 119 cm³/mol. The minimum Gasteiger partial charge on any atom is -0.496 e. The van der Waals surface area contributed by atoms with Gasteiger partial charge in [0.1, 0.15) is 22.8 Å². The van der Waals surface area contributed by atoms with Gasteiger partial charge in [-0.15, -0.1) is 0 Å². The van der Waals surface area contributed by atoms with Crippen molar-refractivity contribution in [3.63, 3.8) is 0 Å². The maximum absolute atomic E-state index is 13.5. The van der Waals surface area contributed by atoms with E-state index < -0.39 is 24.5 Å². The number of alkyl halides is 2. The van der Waals surface area contributed by atoms with Crippen molar-refractivity contribution in [2.45, 2.75) is 25.1 Å². The number of primary amides is 1. The van der Waals surface area contributed by atoms with Crippen LogP contribution in [0.3, 0.4) is 0 Å². The lowest BCUT2D eigenvalue weighted by atomic mass is 10.0. The van der Waals surface area contributed by atoms with Crippen LogP contribution in [0.4, 0.5) is 14.6 Å². The molecule has 3 aromatic rings. The molecule has 1 aliphatic heterocycles. The van der Waals surface area contributed by atoms with Gasteiger partial charge in [0.15, 0.2) is 0 Å². The number of amides is 2. The number of carbonyl (C=O) groups excluding carboxylic acids is 2. The molecule has 1 unspecified atom stereocenters. The van der Waals surface area contributed by atoms with Crippen LogP contribution in [0.5, 0.6) is 5.75 Å². The highest BCUT2D eigenvalue weighted by Gasteiger charge is 2.43. The van der Waals surface area contributed by atoms with Gasteiger partial charge in [-0.3, -0.25) is 9.59 Å². The molecular weight excluding hydrogens is 448 g/mol. The van der Waals surface area contributed by atoms with Crippen LogP contribution in [0.25, 0.3) is 11.3 Å². The lowest BCUT2D eigenvalue weighted by Crippen LogP contribution is -2.23. The number of halogens is 2. The average molecular weight is 471 g/mol. The molecule has 5 N–H and O–H groups in total. The molecule has 0 radical (unpaired) electrons. The molecule has 2 amide bonds. The largest absolute Gasteiger partial charge is 0.496 e. The van der Waals surface area contributed by atoms with Gasteiger partial charge in [0.25, 0.3) is 11.8 Å². The fourth-order valence-corrected chi connectivity index (χ4v) is 3.83. The predicted octanol–water partition coefficient (Wildman–Crippen LogP) is 2.72. The Balaban J connectivity index is 1.53. The summed E-state index contributed by atoms with van der Waals surface area (Å²) in [5, 5.41) is 7.12. The van der Waals surface area contributed by atoms with Gasteiger partial charge in [-0.05, 0) is 17.7 Å². The number of aromatic nitrogens is 2. The molecule has 178 valence electrons. The molecule has 2 aromatic carbocycles. The molecule has 0 aliphatic carbocycles. The third kappa shape index (κ3) is 4.55. The number of nitrogens with one attached hydrogen (secondary N) is 1. The maximum Gasteiger partial charge on any atom is 0.357 e. The number of rotatable bonds is 7. The summed E-state index contributed by atoms with van der Waals surface area (Å²) in [7, 11) is 1.49. The van der Waals surface area contributed by atoms with Gasteiger partial charge in [-0.25, -0.2) is 4.68 Å². The van der Waals surface area contributed by atoms with Crippen molar-refractivity contribution in [3.8, 4) is 17.0 Å². The standard InChI is InChI=1S/C23H23F2N5O4/c1-33-17-5-3-2-4-16(17)22(32)28-11-13-6-8-14(9-7-13)19-18(21(27)31)20(26)30(29-19)15-10-23(24,25)34-12-15/h2-9,15H,10-12,26H2,1H3,(H2,27,31)(H,28,32). The average Bonchev–Trinajstić information content (AvgIpc) is 3.36. The van der Waals surface area contributed by atoms with E-state index in [1.807, 2.05) is 0 Å². The van der Waals surface area contributed by atoms with Crippen molar-refractivity contribution in [1.29, 1.82) is 0 Å². The number of nitrogens with two attached hydrogens (primary N) is 2. The number of nitrogens with zero attached hydrogens (tertiary/aromatic N) is 2. The molecule has 9 nitrogen and oxygen atoms in total. The Labute approximate surface area is 193 Å². The van der Waals surface area contributed by atoms with E-state index >= 15 is 0 Å². The second kappa shape index (κ2) is 9.10. The van der Waals surface area contributed by atoms with Crippen LogP contribution in [0.15, 0.2) is 48.5 Å². The molecule has 4 rings (SSSR count). The van der Waals surface area contributed by atoms with E-state index in [0.29, 0.717) is 16.9 Å². The summed E-state index contributed by atoms with van der Waals surface area (Å²) in [5.74, 6) is -0.743. The summed E-state index contributed by atoms with van der Waals surface area (Å²) < 4.78 is 37.8. The van der Waals surface area contributed by atoms with Crippen LogP contribution in [-0.4, -0.2) is 41.4 Å². The van der Waals surface area contributed by atoms with Gasteiger partial charge in [-0.2, -0.15) is 13.9 Å². The first-order chi connectivity index (χ1) is 16.2. The molecule has 2 heterocycles. The first kappa shape index (κ1) is 23.2. The second-order valence-electron chi connectivity index (χ2n) is 7.80. The summed E-state index contributed by atoms with van der Waals surface area (Å²) >= 11 is 0. The summed E-state index contributed by atoms with van der Waals surface area (Å²) in [6.45, 7) is -0.0493. The zero-order chi connectivity index (χ0) is 24.5. The quantitative estimate of drug-likeness (QED) is 0.485. The zero-order valence-electron chi connectivity index (χ0n) is 18.3. The van der Waals surface area contributed by atoms with Crippen LogP contribution < -0.4 is 21.5 Å². The van der Waals surface area contributed by atoms with Gasteiger partial charge in [0, 0.05) is 12.1 Å². The van der Waals surface area contributed by atoms with Gasteiger partial charge in [-0.1, -0.05) is 36.4 Å². The molecule has 1 atom stereocenters. The van der Waals surface area contributed by atoms with E-state index in [0.717, 1.165) is 10.2 Å². The Morgan fingerprint density at radius 3 is 2.56 bits per heavy atom. The summed E-state index contributed by atoms with van der Waals surface area (Å²) in [4.78, 5) is 24.5. The van der Waals surface area contributed by atoms with E-state index in [9.17, 15) is 18.4 Å². The van der Waals surface area contributed by atoms with Crippen molar-refractivity contribution in [2.75, 3.05) is 19.5 Å². The Hall–Kier alpha value is -3.99. The molecule has 11 heteroatoms. The molecule has 0 spiro atoms. The first-order valence-corrected chi connectivity index (χ1v) is 10.4. The van der Waals surface area contributed by atoms with Gasteiger partial charge in [0.05, 0.1) is 31.7 Å². The van der Waals surface area contributed by atoms with Crippen LogP contribution in [0.1, 0.15) is 38.7 Å². The first-order valence-electron chi connectivity index (χ1n) is 10.4. The number of benzene rings is 2. The number of para-hydroxylation sites is 1. The van der Waals surface area contributed by atoms with E-state index in [1.54, 1.807) is 48.5 Å². The molecule has 0 saturated carbocycles. The molecule has 34 heavy (non-hydrogen) atoms. The third-order valence-electron chi connectivity index (χ3n) is 5.53. The molecule has 1 saturated heterocycles. The fraction of sp³-hybridized carbons (Fsp3) is 0.261. The number of anilines is 1. The van der Waals surface area contributed by atoms with Crippen molar-refractivity contribution < 1.29 is 27.8 Å². The number of hydrogen-bond donors (Lipinski definition) is 3. The molecule has 1 aromatic heterocycles. The second-order valence-corrected chi connectivity index (χ2v) is 7.80. The lowest BCUT2D eigenvalue weighted by Gasteiger charge is -2.10. The topological polar surface area (TPSA) is 134 Å². The molecule has 0 bridgehead atoms. The van der Waals surface area contributed by atoms with E-state index in [2.05, 4.69) is 15.2 Å². The summed E-state index contributed by atoms with van der Waals surface area (Å²) in [5.41, 5.74) is 13.4. The highest BCUT2D eigenvalue weighted by Crippen LogP contribution is 2.38. The lowest BCUT2D eigenvalue weighted by molar-refractivity contribution is -0.205. The third-order valence-corrected chi connectivity index (χ3v) is 5.53. The van der Waals surface area contributed by atoms with Crippen molar-refractivity contribution in [1.82, 2.24) is 15.1 Å². The van der Waals surface area contributed by atoms with Crippen molar-refractivity contribution in [3.05, 3.63) is 65.2 Å². The minimum atomic E-state index is -3.29. The Morgan fingerprint density at radius 1 is 1.24 bits per heavy atom. The van der Waals surface area contributed by atoms with Crippen molar-refractivity contribution >= 4 is 17.6 Å². The number of nitrogen functional groups attached to an aromatic ring is 1. The van der Waals surface area contributed by atoms with Gasteiger partial charge in [0.2, 0.25) is 0 Å². The van der Waals surface area contributed by atoms with E-state index in [-0.39, 0.29) is 36.1 Å². The molecule has 1 fully saturated rings. The van der Waals surface area contributed by atoms with Crippen LogP contribution in [0.2, 0.25) is 0 Å². The van der Waals surface area contributed by atoms with Crippen LogP contribution in [0, 0.1) is 0 Å². The number of hydrogen-bond acceptors (Lipinski definition) is 6. The van der Waals surface area contributed by atoms with Gasteiger partial charge < -0.3 is 26.3 Å². The number of methoxy groups -OCH3 is 1. The number of ether oxygens (including phenoxy) is 2. The Kier molecular flexibility index (Phi) is 6.20.